The van der Waals surface area contributed by atoms with Gasteiger partial charge in [0.25, 0.3) is 5.91 Å². The molecule has 3 unspecified atom stereocenters. The second-order valence-electron chi connectivity index (χ2n) is 9.31. The fraction of sp³-hybridized carbons (Fsp3) is 0.520. The van der Waals surface area contributed by atoms with Crippen molar-refractivity contribution in [1.82, 2.24) is 24.6 Å². The molecule has 0 spiro atoms. The molecule has 1 aliphatic rings. The number of carbonyl (C=O) groups is 1. The van der Waals surface area contributed by atoms with Gasteiger partial charge in [0, 0.05) is 29.2 Å². The van der Waals surface area contributed by atoms with E-state index in [4.69, 9.17) is 33.9 Å². The summed E-state index contributed by atoms with van der Waals surface area (Å²) in [6.07, 6.45) is 3.94. The first-order valence-electron chi connectivity index (χ1n) is 12.2. The highest BCUT2D eigenvalue weighted by molar-refractivity contribution is 6.35. The number of nitrogens with two attached hydrogens (primary N) is 1. The molecule has 1 aromatic carbocycles. The zero-order valence-electron chi connectivity index (χ0n) is 20.7. The molecule has 10 heteroatoms. The highest BCUT2D eigenvalue weighted by Gasteiger charge is 2.31. The van der Waals surface area contributed by atoms with Crippen LogP contribution in [0.1, 0.15) is 62.6 Å². The predicted molar refractivity (Wildman–Crippen MR) is 141 cm³/mol. The van der Waals surface area contributed by atoms with Crippen LogP contribution in [-0.4, -0.2) is 62.8 Å². The summed E-state index contributed by atoms with van der Waals surface area (Å²) in [5.41, 5.74) is 7.43. The van der Waals surface area contributed by atoms with Gasteiger partial charge in [0.05, 0.1) is 12.2 Å². The number of primary amides is 1. The molecule has 3 heterocycles. The molecule has 8 nitrogen and oxygen atoms in total. The number of aromatic nitrogens is 4. The van der Waals surface area contributed by atoms with Crippen LogP contribution in [0.2, 0.25) is 10.0 Å². The molecule has 1 amide bonds. The van der Waals surface area contributed by atoms with Gasteiger partial charge in [0.1, 0.15) is 11.3 Å². The van der Waals surface area contributed by atoms with Gasteiger partial charge in [-0.3, -0.25) is 4.79 Å². The van der Waals surface area contributed by atoms with Crippen molar-refractivity contribution in [3.8, 4) is 0 Å². The third kappa shape index (κ3) is 5.10. The van der Waals surface area contributed by atoms with Gasteiger partial charge in [0.15, 0.2) is 11.3 Å². The number of hydrogen-bond donors (Lipinski definition) is 1. The van der Waals surface area contributed by atoms with Crippen LogP contribution in [-0.2, 0) is 0 Å². The predicted octanol–water partition coefficient (Wildman–Crippen LogP) is 4.79. The minimum atomic E-state index is -0.643. The van der Waals surface area contributed by atoms with Gasteiger partial charge < -0.3 is 15.5 Å². The average Bonchev–Trinajstić information content (AvgIpc) is 3.21. The third-order valence-electron chi connectivity index (χ3n) is 6.97. The minimum Gasteiger partial charge on any atom is -0.364 e. The lowest BCUT2D eigenvalue weighted by Crippen LogP contribution is -2.50. The summed E-state index contributed by atoms with van der Waals surface area (Å²) in [6, 6.07) is 5.58. The smallest absolute Gasteiger partial charge is 0.271 e. The maximum absolute atomic E-state index is 12.1. The van der Waals surface area contributed by atoms with E-state index in [9.17, 15) is 4.79 Å². The van der Waals surface area contributed by atoms with Gasteiger partial charge in [-0.1, -0.05) is 50.0 Å². The fourth-order valence-electron chi connectivity index (χ4n) is 5.19. The van der Waals surface area contributed by atoms with E-state index in [2.05, 4.69) is 40.7 Å². The van der Waals surface area contributed by atoms with Crippen LogP contribution < -0.4 is 10.6 Å². The average molecular weight is 518 g/mol. The van der Waals surface area contributed by atoms with Crippen molar-refractivity contribution < 1.29 is 4.79 Å². The van der Waals surface area contributed by atoms with Crippen LogP contribution >= 0.6 is 23.2 Å². The molecule has 0 bridgehead atoms. The first kappa shape index (κ1) is 25.7. The van der Waals surface area contributed by atoms with Gasteiger partial charge in [-0.05, 0) is 56.5 Å². The number of piperidine rings is 1. The van der Waals surface area contributed by atoms with Gasteiger partial charge in [-0.2, -0.15) is 5.10 Å². The molecule has 3 atom stereocenters. The first-order chi connectivity index (χ1) is 16.7. The number of hydrogen-bond acceptors (Lipinski definition) is 6. The highest BCUT2D eigenvalue weighted by Crippen LogP contribution is 2.32. The second-order valence-corrected chi connectivity index (χ2v) is 10.2. The van der Waals surface area contributed by atoms with Crippen molar-refractivity contribution in [3.63, 3.8) is 0 Å². The summed E-state index contributed by atoms with van der Waals surface area (Å²) in [7, 11) is 0. The molecule has 2 N–H and O–H groups in total. The Morgan fingerprint density at radius 3 is 2.71 bits per heavy atom. The van der Waals surface area contributed by atoms with Gasteiger partial charge in [-0.15, -0.1) is 0 Å². The van der Waals surface area contributed by atoms with Crippen LogP contribution in [0.4, 0.5) is 5.82 Å². The lowest BCUT2D eigenvalue weighted by molar-refractivity contribution is 0.0996. The van der Waals surface area contributed by atoms with E-state index in [1.54, 1.807) is 23.0 Å². The SMILES string of the molecule is CCCN(CC)C1CCN(c2cnc3c(C(N)=O)nn(C(C)c4ccc(Cl)cc4Cl)c3n2)CC1C. The maximum atomic E-state index is 12.1. The summed E-state index contributed by atoms with van der Waals surface area (Å²) >= 11 is 12.6. The van der Waals surface area contributed by atoms with E-state index >= 15 is 0 Å². The Balaban J connectivity index is 1.68. The molecule has 3 aromatic rings. The van der Waals surface area contributed by atoms with Crippen molar-refractivity contribution in [3.05, 3.63) is 45.7 Å². The molecule has 0 radical (unpaired) electrons. The molecule has 35 heavy (non-hydrogen) atoms. The normalized spacial score (nSPS) is 19.5. The van der Waals surface area contributed by atoms with Crippen LogP contribution in [0.15, 0.2) is 24.4 Å². The van der Waals surface area contributed by atoms with Gasteiger partial charge >= 0.3 is 0 Å². The topological polar surface area (TPSA) is 93.2 Å². The minimum absolute atomic E-state index is 0.0983. The number of nitrogens with zero attached hydrogens (tertiary/aromatic N) is 6. The third-order valence-corrected chi connectivity index (χ3v) is 7.54. The number of benzene rings is 1. The van der Waals surface area contributed by atoms with E-state index in [0.717, 1.165) is 50.4 Å². The summed E-state index contributed by atoms with van der Waals surface area (Å²) in [4.78, 5) is 26.5. The van der Waals surface area contributed by atoms with Crippen molar-refractivity contribution in [2.24, 2.45) is 11.7 Å². The maximum Gasteiger partial charge on any atom is 0.271 e. The molecule has 1 fully saturated rings. The molecule has 188 valence electrons. The Bertz CT molecular complexity index is 1210. The van der Waals surface area contributed by atoms with Gasteiger partial charge in [-0.25, -0.2) is 14.6 Å². The molecule has 1 saturated heterocycles. The van der Waals surface area contributed by atoms with E-state index in [1.807, 2.05) is 13.0 Å². The van der Waals surface area contributed by atoms with Crippen LogP contribution in [0.5, 0.6) is 0 Å². The molecular formula is C25H33Cl2N7O. The largest absolute Gasteiger partial charge is 0.364 e. The number of carbonyl (C=O) groups excluding carboxylic acids is 1. The Hall–Kier alpha value is -2.42. The zero-order chi connectivity index (χ0) is 25.3. The van der Waals surface area contributed by atoms with E-state index < -0.39 is 5.91 Å². The molecular weight excluding hydrogens is 485 g/mol. The van der Waals surface area contributed by atoms with Gasteiger partial charge in [0.2, 0.25) is 0 Å². The summed E-state index contributed by atoms with van der Waals surface area (Å²) in [5, 5.41) is 5.56. The highest BCUT2D eigenvalue weighted by atomic mass is 35.5. The van der Waals surface area contributed by atoms with Crippen LogP contribution in [0.25, 0.3) is 11.2 Å². The van der Waals surface area contributed by atoms with Crippen molar-refractivity contribution in [1.29, 1.82) is 0 Å². The standard InChI is InChI=1S/C25H33Cl2N7O/c1-5-10-32(6-2)20-9-11-33(14-15(20)3)21-13-29-23-22(24(28)35)31-34(25(23)30-21)16(4)18-8-7-17(26)12-19(18)27/h7-8,12-13,15-16,20H,5-6,9-11,14H2,1-4H3,(H2,28,35). The monoisotopic (exact) mass is 517 g/mol. The lowest BCUT2D eigenvalue weighted by Gasteiger charge is -2.42. The molecule has 0 saturated carbocycles. The first-order valence-corrected chi connectivity index (χ1v) is 13.0. The Labute approximate surface area is 216 Å². The van der Waals surface area contributed by atoms with E-state index in [1.165, 1.54) is 0 Å². The van der Waals surface area contributed by atoms with Crippen LogP contribution in [0, 0.1) is 5.92 Å². The van der Waals surface area contributed by atoms with Crippen molar-refractivity contribution in [2.75, 3.05) is 31.1 Å². The summed E-state index contributed by atoms with van der Waals surface area (Å²) in [6.45, 7) is 12.7. The van der Waals surface area contributed by atoms with Crippen molar-refractivity contribution in [2.45, 2.75) is 52.6 Å². The Morgan fingerprint density at radius 1 is 1.31 bits per heavy atom. The quantitative estimate of drug-likeness (QED) is 0.461. The zero-order valence-corrected chi connectivity index (χ0v) is 22.2. The lowest BCUT2D eigenvalue weighted by atomic mass is 9.92. The molecule has 1 aliphatic heterocycles. The summed E-state index contributed by atoms with van der Waals surface area (Å²) in [5.74, 6) is 0.619. The number of anilines is 1. The number of halogens is 2. The Morgan fingerprint density at radius 2 is 2.09 bits per heavy atom. The van der Waals surface area contributed by atoms with Crippen LogP contribution in [0.3, 0.4) is 0 Å². The van der Waals surface area contributed by atoms with E-state index in [-0.39, 0.29) is 11.7 Å². The number of amides is 1. The Kier molecular flexibility index (Phi) is 7.83. The molecule has 0 aliphatic carbocycles. The second kappa shape index (κ2) is 10.7. The fourth-order valence-corrected chi connectivity index (χ4v) is 5.76. The summed E-state index contributed by atoms with van der Waals surface area (Å²) < 4.78 is 1.68. The van der Waals surface area contributed by atoms with E-state index in [0.29, 0.717) is 33.2 Å². The number of fused-ring (bicyclic) bond motifs is 1. The molecule has 2 aromatic heterocycles. The number of rotatable bonds is 8. The molecule has 4 rings (SSSR count). The van der Waals surface area contributed by atoms with Crippen molar-refractivity contribution >= 4 is 46.1 Å².